The van der Waals surface area contributed by atoms with Crippen molar-refractivity contribution in [1.82, 2.24) is 14.9 Å². The number of nitrogens with one attached hydrogen (secondary N) is 1. The third-order valence-electron chi connectivity index (χ3n) is 6.13. The molecule has 1 aromatic heterocycles. The van der Waals surface area contributed by atoms with Gasteiger partial charge >= 0.3 is 0 Å². The molecule has 1 aliphatic heterocycles. The first-order valence-corrected chi connectivity index (χ1v) is 11.1. The summed E-state index contributed by atoms with van der Waals surface area (Å²) in [5, 5.41) is 9.80. The zero-order valence-corrected chi connectivity index (χ0v) is 17.7. The Hall–Kier alpha value is -3.12. The summed E-state index contributed by atoms with van der Waals surface area (Å²) in [4.78, 5) is 26.0. The van der Waals surface area contributed by atoms with Gasteiger partial charge < -0.3 is 9.47 Å². The predicted octanol–water partition coefficient (Wildman–Crippen LogP) is 4.30. The van der Waals surface area contributed by atoms with Crippen molar-refractivity contribution in [3.8, 4) is 0 Å². The topological polar surface area (TPSA) is 74.6 Å². The lowest BCUT2D eigenvalue weighted by atomic mass is 10.0. The number of nitrogens with zero attached hydrogens (tertiary/aromatic N) is 2. The quantitative estimate of drug-likeness (QED) is 0.325. The number of aromatic nitrogens is 1. The van der Waals surface area contributed by atoms with E-state index in [1.54, 1.807) is 5.48 Å². The summed E-state index contributed by atoms with van der Waals surface area (Å²) in [5.41, 5.74) is 6.28. The molecule has 0 atom stereocenters. The molecule has 4 rings (SSSR count). The van der Waals surface area contributed by atoms with Crippen molar-refractivity contribution < 1.29 is 14.8 Å². The summed E-state index contributed by atoms with van der Waals surface area (Å²) in [6.07, 6.45) is 5.06. The lowest BCUT2D eigenvalue weighted by Crippen LogP contribution is -2.36. The average Bonchev–Trinajstić information content (AvgIpc) is 3.14. The largest absolute Gasteiger partial charge is 0.344 e. The zero-order valence-electron chi connectivity index (χ0n) is 17.7. The molecule has 0 saturated carbocycles. The third kappa shape index (κ3) is 4.64. The zero-order chi connectivity index (χ0) is 21.6. The number of benzene rings is 2. The van der Waals surface area contributed by atoms with Gasteiger partial charge in [0.25, 0.3) is 5.91 Å². The summed E-state index contributed by atoms with van der Waals surface area (Å²) in [6.45, 7) is 2.31. The molecule has 0 radical (unpaired) electrons. The number of hydrogen-bond donors (Lipinski definition) is 2. The van der Waals surface area contributed by atoms with Gasteiger partial charge in [0.2, 0.25) is 5.91 Å². The molecular weight excluding hydrogens is 390 g/mol. The maximum absolute atomic E-state index is 13.0. The first kappa shape index (κ1) is 21.1. The molecule has 0 unspecified atom stereocenters. The SMILES string of the molecule is O=C(CCCCCCn1c2c(c3ccccc31)CN(C(=O)c1ccccc1)CC2)NO. The molecular formula is C25H29N3O3. The van der Waals surface area contributed by atoms with E-state index in [0.717, 1.165) is 50.8 Å². The van der Waals surface area contributed by atoms with Crippen LogP contribution in [-0.2, 0) is 24.3 Å². The van der Waals surface area contributed by atoms with Crippen molar-refractivity contribution in [1.29, 1.82) is 0 Å². The molecule has 2 amide bonds. The molecule has 0 saturated heterocycles. The van der Waals surface area contributed by atoms with Crippen LogP contribution in [0.3, 0.4) is 0 Å². The Bertz CT molecular complexity index is 1060. The maximum atomic E-state index is 13.0. The van der Waals surface area contributed by atoms with Gasteiger partial charge in [0.1, 0.15) is 0 Å². The molecule has 0 bridgehead atoms. The smallest absolute Gasteiger partial charge is 0.254 e. The fourth-order valence-corrected chi connectivity index (χ4v) is 4.56. The summed E-state index contributed by atoms with van der Waals surface area (Å²) in [7, 11) is 0. The van der Waals surface area contributed by atoms with Crippen molar-refractivity contribution >= 4 is 22.7 Å². The van der Waals surface area contributed by atoms with Gasteiger partial charge in [-0.2, -0.15) is 0 Å². The van der Waals surface area contributed by atoms with Gasteiger partial charge in [-0.1, -0.05) is 49.2 Å². The number of amides is 2. The van der Waals surface area contributed by atoms with Crippen LogP contribution >= 0.6 is 0 Å². The number of fused-ring (bicyclic) bond motifs is 3. The third-order valence-corrected chi connectivity index (χ3v) is 6.13. The van der Waals surface area contributed by atoms with E-state index >= 15 is 0 Å². The summed E-state index contributed by atoms with van der Waals surface area (Å²) in [5.74, 6) is -0.227. The van der Waals surface area contributed by atoms with Gasteiger partial charge in [-0.25, -0.2) is 5.48 Å². The number of carbonyl (C=O) groups excluding carboxylic acids is 2. The Balaban J connectivity index is 1.46. The molecule has 2 N–H and O–H groups in total. The Labute approximate surface area is 182 Å². The van der Waals surface area contributed by atoms with Crippen LogP contribution < -0.4 is 5.48 Å². The van der Waals surface area contributed by atoms with Gasteiger partial charge in [-0.05, 0) is 31.0 Å². The van der Waals surface area contributed by atoms with E-state index in [4.69, 9.17) is 5.21 Å². The molecule has 6 nitrogen and oxygen atoms in total. The second-order valence-corrected chi connectivity index (χ2v) is 8.14. The number of aryl methyl sites for hydroxylation is 1. The summed E-state index contributed by atoms with van der Waals surface area (Å²) >= 11 is 0. The standard InChI is InChI=1S/C25H29N3O3/c29-24(26-31)14-6-1-2-9-16-28-22-13-8-7-12-20(22)21-18-27(17-15-23(21)28)25(30)19-10-4-3-5-11-19/h3-5,7-8,10-13,31H,1-2,6,9,14-18H2,(H,26,29). The van der Waals surface area contributed by atoms with Gasteiger partial charge in [-0.15, -0.1) is 0 Å². The van der Waals surface area contributed by atoms with E-state index < -0.39 is 0 Å². The van der Waals surface area contributed by atoms with E-state index in [-0.39, 0.29) is 11.8 Å². The van der Waals surface area contributed by atoms with Gasteiger partial charge in [0.05, 0.1) is 0 Å². The molecule has 31 heavy (non-hydrogen) atoms. The monoisotopic (exact) mass is 419 g/mol. The first-order valence-electron chi connectivity index (χ1n) is 11.1. The number of rotatable bonds is 8. The number of para-hydroxylation sites is 1. The van der Waals surface area contributed by atoms with Gasteiger partial charge in [0.15, 0.2) is 0 Å². The highest BCUT2D eigenvalue weighted by molar-refractivity contribution is 5.95. The Morgan fingerprint density at radius 1 is 0.935 bits per heavy atom. The van der Waals surface area contributed by atoms with Crippen LogP contribution in [0.2, 0.25) is 0 Å². The van der Waals surface area contributed by atoms with Crippen LogP contribution in [0.4, 0.5) is 0 Å². The van der Waals surface area contributed by atoms with Crippen molar-refractivity contribution in [3.05, 3.63) is 71.4 Å². The Morgan fingerprint density at radius 2 is 1.68 bits per heavy atom. The summed E-state index contributed by atoms with van der Waals surface area (Å²) in [6, 6.07) is 18.0. The molecule has 1 aliphatic rings. The van der Waals surface area contributed by atoms with Crippen LogP contribution in [0.15, 0.2) is 54.6 Å². The van der Waals surface area contributed by atoms with Crippen molar-refractivity contribution in [2.75, 3.05) is 6.54 Å². The molecule has 2 heterocycles. The molecule has 6 heteroatoms. The van der Waals surface area contributed by atoms with Gasteiger partial charge in [0, 0.05) is 60.2 Å². The van der Waals surface area contributed by atoms with E-state index in [2.05, 4.69) is 28.8 Å². The van der Waals surface area contributed by atoms with Crippen molar-refractivity contribution in [2.45, 2.75) is 51.6 Å². The van der Waals surface area contributed by atoms with Crippen LogP contribution in [0, 0.1) is 0 Å². The lowest BCUT2D eigenvalue weighted by molar-refractivity contribution is -0.129. The number of unbranched alkanes of at least 4 members (excludes halogenated alkanes) is 3. The Kier molecular flexibility index (Phi) is 6.67. The molecule has 0 aliphatic carbocycles. The highest BCUT2D eigenvalue weighted by Crippen LogP contribution is 2.32. The van der Waals surface area contributed by atoms with E-state index in [1.165, 1.54) is 22.2 Å². The molecule has 0 spiro atoms. The van der Waals surface area contributed by atoms with Crippen LogP contribution in [-0.4, -0.2) is 33.0 Å². The minimum atomic E-state index is -0.319. The average molecular weight is 420 g/mol. The normalized spacial score (nSPS) is 13.3. The fraction of sp³-hybridized carbons (Fsp3) is 0.360. The van der Waals surface area contributed by atoms with Crippen molar-refractivity contribution in [2.24, 2.45) is 0 Å². The van der Waals surface area contributed by atoms with Crippen molar-refractivity contribution in [3.63, 3.8) is 0 Å². The molecule has 0 fully saturated rings. The Morgan fingerprint density at radius 3 is 2.48 bits per heavy atom. The molecule has 2 aromatic carbocycles. The minimum absolute atomic E-state index is 0.0926. The molecule has 3 aromatic rings. The highest BCUT2D eigenvalue weighted by atomic mass is 16.5. The fourth-order valence-electron chi connectivity index (χ4n) is 4.56. The highest BCUT2D eigenvalue weighted by Gasteiger charge is 2.26. The van der Waals surface area contributed by atoms with Gasteiger partial charge in [-0.3, -0.25) is 14.8 Å². The maximum Gasteiger partial charge on any atom is 0.254 e. The lowest BCUT2D eigenvalue weighted by Gasteiger charge is -2.28. The summed E-state index contributed by atoms with van der Waals surface area (Å²) < 4.78 is 2.43. The number of hydrogen-bond acceptors (Lipinski definition) is 3. The van der Waals surface area contributed by atoms with Crippen LogP contribution in [0.5, 0.6) is 0 Å². The molecule has 162 valence electrons. The van der Waals surface area contributed by atoms with E-state index in [1.807, 2.05) is 35.2 Å². The second kappa shape index (κ2) is 9.79. The predicted molar refractivity (Wildman–Crippen MR) is 120 cm³/mol. The second-order valence-electron chi connectivity index (χ2n) is 8.14. The number of carbonyl (C=O) groups is 2. The van der Waals surface area contributed by atoms with Crippen LogP contribution in [0.25, 0.3) is 10.9 Å². The van der Waals surface area contributed by atoms with E-state index in [9.17, 15) is 9.59 Å². The first-order chi connectivity index (χ1) is 15.2. The number of hydroxylamine groups is 1. The van der Waals surface area contributed by atoms with Crippen LogP contribution in [0.1, 0.15) is 53.7 Å². The minimum Gasteiger partial charge on any atom is -0.344 e. The van der Waals surface area contributed by atoms with E-state index in [0.29, 0.717) is 13.0 Å².